The zero-order valence-electron chi connectivity index (χ0n) is 19.0. The number of aliphatic hydroxyl groups is 4. The standard InChI is InChI=1S/C26H27ClN2O6/c1-34-29-22(20-4-2-3-11-28-20)16-7-5-15(6-8-16)12-18-13-17(9-10-19(18)27)26-25(33)24(32)23(31)21(14-30)35-26/h2-11,13,21,23-26,30-33H,12,14H2,1H3/b29-22-/t21-,23-,24+,25-,26+/m1/s1. The Balaban J connectivity index is 1.56. The molecule has 9 heteroatoms. The largest absolute Gasteiger partial charge is 0.399 e. The average Bonchev–Trinajstić information content (AvgIpc) is 2.89. The molecule has 8 nitrogen and oxygen atoms in total. The second-order valence-corrected chi connectivity index (χ2v) is 8.72. The molecule has 1 saturated heterocycles. The van der Waals surface area contributed by atoms with E-state index in [1.165, 1.54) is 7.11 Å². The molecule has 0 unspecified atom stereocenters. The molecule has 0 radical (unpaired) electrons. The highest BCUT2D eigenvalue weighted by Crippen LogP contribution is 2.34. The van der Waals surface area contributed by atoms with Crippen molar-refractivity contribution in [3.05, 3.63) is 99.8 Å². The van der Waals surface area contributed by atoms with Gasteiger partial charge in [-0.15, -0.1) is 0 Å². The maximum absolute atomic E-state index is 10.5. The van der Waals surface area contributed by atoms with E-state index in [1.54, 1.807) is 24.4 Å². The first-order chi connectivity index (χ1) is 16.9. The highest BCUT2D eigenvalue weighted by Gasteiger charge is 2.44. The van der Waals surface area contributed by atoms with Crippen molar-refractivity contribution >= 4 is 17.3 Å². The molecule has 1 aromatic heterocycles. The van der Waals surface area contributed by atoms with Crippen molar-refractivity contribution < 1.29 is 30.0 Å². The fourth-order valence-corrected chi connectivity index (χ4v) is 4.31. The maximum atomic E-state index is 10.5. The molecule has 35 heavy (non-hydrogen) atoms. The number of nitrogens with zero attached hydrogens (tertiary/aromatic N) is 2. The number of rotatable bonds is 7. The molecule has 4 rings (SSSR count). The topological polar surface area (TPSA) is 125 Å². The molecule has 4 N–H and O–H groups in total. The fraction of sp³-hybridized carbons (Fsp3) is 0.308. The van der Waals surface area contributed by atoms with Crippen molar-refractivity contribution in [2.24, 2.45) is 5.16 Å². The van der Waals surface area contributed by atoms with E-state index in [4.69, 9.17) is 21.2 Å². The zero-order chi connectivity index (χ0) is 24.9. The average molecular weight is 499 g/mol. The second-order valence-electron chi connectivity index (χ2n) is 8.31. The van der Waals surface area contributed by atoms with Crippen molar-refractivity contribution in [1.82, 2.24) is 4.98 Å². The van der Waals surface area contributed by atoms with Crippen LogP contribution in [0.2, 0.25) is 5.02 Å². The monoisotopic (exact) mass is 498 g/mol. The number of ether oxygens (including phenoxy) is 1. The van der Waals surface area contributed by atoms with Crippen LogP contribution in [-0.4, -0.2) is 69.3 Å². The quantitative estimate of drug-likeness (QED) is 0.291. The third-order valence-corrected chi connectivity index (χ3v) is 6.37. The van der Waals surface area contributed by atoms with Crippen LogP contribution in [0.5, 0.6) is 0 Å². The zero-order valence-corrected chi connectivity index (χ0v) is 19.8. The first kappa shape index (κ1) is 25.2. The summed E-state index contributed by atoms with van der Waals surface area (Å²) in [4.78, 5) is 9.36. The Morgan fingerprint density at radius 2 is 1.80 bits per heavy atom. The Morgan fingerprint density at radius 1 is 1.03 bits per heavy atom. The molecule has 2 heterocycles. The lowest BCUT2D eigenvalue weighted by molar-refractivity contribution is -0.231. The van der Waals surface area contributed by atoms with E-state index in [0.717, 1.165) is 16.7 Å². The van der Waals surface area contributed by atoms with Crippen molar-refractivity contribution in [1.29, 1.82) is 0 Å². The van der Waals surface area contributed by atoms with Crippen LogP contribution in [0, 0.1) is 0 Å². The fourth-order valence-electron chi connectivity index (χ4n) is 4.13. The molecular formula is C26H27ClN2O6. The van der Waals surface area contributed by atoms with Gasteiger partial charge in [-0.3, -0.25) is 4.98 Å². The van der Waals surface area contributed by atoms with Crippen LogP contribution in [0.25, 0.3) is 0 Å². The van der Waals surface area contributed by atoms with Gasteiger partial charge in [0, 0.05) is 16.8 Å². The Kier molecular flexibility index (Phi) is 8.12. The summed E-state index contributed by atoms with van der Waals surface area (Å²) in [6.45, 7) is -0.485. The Morgan fingerprint density at radius 3 is 2.46 bits per heavy atom. The van der Waals surface area contributed by atoms with E-state index in [-0.39, 0.29) is 0 Å². The molecule has 0 saturated carbocycles. The maximum Gasteiger partial charge on any atom is 0.135 e. The van der Waals surface area contributed by atoms with Gasteiger partial charge in [0.2, 0.25) is 0 Å². The lowest BCUT2D eigenvalue weighted by atomic mass is 9.90. The summed E-state index contributed by atoms with van der Waals surface area (Å²) < 4.78 is 5.68. The Labute approximate surface area is 208 Å². The van der Waals surface area contributed by atoms with Gasteiger partial charge in [0.1, 0.15) is 43.3 Å². The number of pyridine rings is 1. The third kappa shape index (κ3) is 5.54. The first-order valence-electron chi connectivity index (χ1n) is 11.1. The SMILES string of the molecule is CO/N=C(/c1ccc(Cc2cc([C@@H]3O[C@H](CO)[C@@H](O)[C@H](O)[C@H]3O)ccc2Cl)cc1)c1ccccn1. The number of oxime groups is 1. The molecule has 0 bridgehead atoms. The molecule has 0 spiro atoms. The predicted molar refractivity (Wildman–Crippen MR) is 130 cm³/mol. The minimum Gasteiger partial charge on any atom is -0.399 e. The van der Waals surface area contributed by atoms with Crippen LogP contribution < -0.4 is 0 Å². The van der Waals surface area contributed by atoms with E-state index in [2.05, 4.69) is 10.1 Å². The third-order valence-electron chi connectivity index (χ3n) is 6.00. The van der Waals surface area contributed by atoms with Crippen LogP contribution in [0.15, 0.2) is 72.0 Å². The molecule has 1 aliphatic heterocycles. The van der Waals surface area contributed by atoms with Crippen molar-refractivity contribution in [2.45, 2.75) is 36.9 Å². The van der Waals surface area contributed by atoms with Gasteiger partial charge in [-0.2, -0.15) is 0 Å². The molecule has 1 aliphatic rings. The van der Waals surface area contributed by atoms with Gasteiger partial charge < -0.3 is 30.0 Å². The molecule has 1 fully saturated rings. The molecule has 5 atom stereocenters. The number of hydrogen-bond donors (Lipinski definition) is 4. The molecular weight excluding hydrogens is 472 g/mol. The van der Waals surface area contributed by atoms with Gasteiger partial charge in [-0.05, 0) is 41.3 Å². The van der Waals surface area contributed by atoms with Crippen molar-refractivity contribution in [2.75, 3.05) is 13.7 Å². The number of benzene rings is 2. The van der Waals surface area contributed by atoms with Crippen LogP contribution in [-0.2, 0) is 16.0 Å². The first-order valence-corrected chi connectivity index (χ1v) is 11.5. The summed E-state index contributed by atoms with van der Waals surface area (Å²) in [6, 6.07) is 18.5. The lowest BCUT2D eigenvalue weighted by Gasteiger charge is -2.40. The summed E-state index contributed by atoms with van der Waals surface area (Å²) in [5.41, 5.74) is 4.52. The van der Waals surface area contributed by atoms with Crippen LogP contribution in [0.1, 0.15) is 34.1 Å². The highest BCUT2D eigenvalue weighted by molar-refractivity contribution is 6.31. The van der Waals surface area contributed by atoms with Gasteiger partial charge in [0.25, 0.3) is 0 Å². The van der Waals surface area contributed by atoms with E-state index < -0.39 is 37.1 Å². The van der Waals surface area contributed by atoms with Gasteiger partial charge in [-0.25, -0.2) is 0 Å². The number of aliphatic hydroxyl groups excluding tert-OH is 4. The van der Waals surface area contributed by atoms with E-state index in [0.29, 0.717) is 28.4 Å². The normalized spacial score (nSPS) is 24.9. The summed E-state index contributed by atoms with van der Waals surface area (Å²) >= 11 is 6.46. The minimum absolute atomic E-state index is 0.485. The summed E-state index contributed by atoms with van der Waals surface area (Å²) in [7, 11) is 1.49. The number of hydrogen-bond acceptors (Lipinski definition) is 8. The second kappa shape index (κ2) is 11.3. The highest BCUT2D eigenvalue weighted by atomic mass is 35.5. The smallest absolute Gasteiger partial charge is 0.135 e. The molecule has 3 aromatic rings. The summed E-state index contributed by atoms with van der Waals surface area (Å²) in [5, 5.41) is 44.8. The van der Waals surface area contributed by atoms with Crippen molar-refractivity contribution in [3.8, 4) is 0 Å². The van der Waals surface area contributed by atoms with Crippen LogP contribution in [0.3, 0.4) is 0 Å². The Bertz CT molecular complexity index is 1160. The van der Waals surface area contributed by atoms with Gasteiger partial charge in [-0.1, -0.05) is 59.2 Å². The molecule has 184 valence electrons. The van der Waals surface area contributed by atoms with Crippen LogP contribution >= 0.6 is 11.6 Å². The minimum atomic E-state index is -1.44. The number of halogens is 1. The van der Waals surface area contributed by atoms with E-state index >= 15 is 0 Å². The lowest BCUT2D eigenvalue weighted by Crippen LogP contribution is -2.55. The van der Waals surface area contributed by atoms with Gasteiger partial charge in [0.05, 0.1) is 12.3 Å². The van der Waals surface area contributed by atoms with Gasteiger partial charge in [0.15, 0.2) is 0 Å². The molecule has 2 aromatic carbocycles. The molecule has 0 aliphatic carbocycles. The number of aromatic nitrogens is 1. The van der Waals surface area contributed by atoms with E-state index in [1.807, 2.05) is 42.5 Å². The predicted octanol–water partition coefficient (Wildman–Crippen LogP) is 2.24. The van der Waals surface area contributed by atoms with Crippen molar-refractivity contribution in [3.63, 3.8) is 0 Å². The van der Waals surface area contributed by atoms with Gasteiger partial charge >= 0.3 is 0 Å². The van der Waals surface area contributed by atoms with E-state index in [9.17, 15) is 20.4 Å². The Hall–Kier alpha value is -2.85. The molecule has 0 amide bonds. The summed E-state index contributed by atoms with van der Waals surface area (Å²) in [6.07, 6.45) is -3.91. The van der Waals surface area contributed by atoms with Crippen LogP contribution in [0.4, 0.5) is 0 Å². The summed E-state index contributed by atoms with van der Waals surface area (Å²) in [5.74, 6) is 0.